The molecule has 0 bridgehead atoms. The van der Waals surface area contributed by atoms with E-state index in [0.717, 1.165) is 11.1 Å². The first-order chi connectivity index (χ1) is 9.73. The van der Waals surface area contributed by atoms with Crippen LogP contribution in [0.3, 0.4) is 0 Å². The van der Waals surface area contributed by atoms with Crippen molar-refractivity contribution >= 4 is 18.7 Å². The summed E-state index contributed by atoms with van der Waals surface area (Å²) in [6.45, 7) is 5.34. The predicted octanol–water partition coefficient (Wildman–Crippen LogP) is 2.65. The van der Waals surface area contributed by atoms with Crippen molar-refractivity contribution in [3.63, 3.8) is 0 Å². The van der Waals surface area contributed by atoms with E-state index in [9.17, 15) is 19.1 Å². The first kappa shape index (κ1) is 15.6. The van der Waals surface area contributed by atoms with E-state index in [1.54, 1.807) is 44.2 Å². The Morgan fingerprint density at radius 2 is 1.57 bits per heavy atom. The monoisotopic (exact) mass is 304 g/mol. The summed E-state index contributed by atoms with van der Waals surface area (Å²) >= 11 is 0. The van der Waals surface area contributed by atoms with Crippen molar-refractivity contribution in [2.24, 2.45) is 0 Å². The summed E-state index contributed by atoms with van der Waals surface area (Å²) in [5, 5.41) is -0.197. The van der Waals surface area contributed by atoms with E-state index in [0.29, 0.717) is 11.1 Å². The topological polar surface area (TPSA) is 74.6 Å². The van der Waals surface area contributed by atoms with Gasteiger partial charge in [-0.25, -0.2) is 0 Å². The summed E-state index contributed by atoms with van der Waals surface area (Å²) in [5.41, 5.74) is 2.76. The van der Waals surface area contributed by atoms with Gasteiger partial charge in [0.15, 0.2) is 5.78 Å². The summed E-state index contributed by atoms with van der Waals surface area (Å²) in [6, 6.07) is 9.93. The van der Waals surface area contributed by atoms with Crippen LogP contribution in [0.5, 0.6) is 0 Å². The number of hydrogen-bond acceptors (Lipinski definition) is 2. The third-order valence-corrected chi connectivity index (χ3v) is 4.70. The van der Waals surface area contributed by atoms with E-state index < -0.39 is 7.60 Å². The van der Waals surface area contributed by atoms with E-state index in [1.807, 2.05) is 6.92 Å². The van der Waals surface area contributed by atoms with Crippen LogP contribution in [0.15, 0.2) is 36.4 Å². The zero-order valence-electron chi connectivity index (χ0n) is 12.1. The van der Waals surface area contributed by atoms with Crippen LogP contribution in [0.1, 0.15) is 32.6 Å². The Kier molecular flexibility index (Phi) is 4.15. The highest BCUT2D eigenvalue weighted by Gasteiger charge is 2.28. The summed E-state index contributed by atoms with van der Waals surface area (Å²) < 4.78 is 11.7. The van der Waals surface area contributed by atoms with Crippen molar-refractivity contribution in [2.45, 2.75) is 20.8 Å². The van der Waals surface area contributed by atoms with Gasteiger partial charge in [0, 0.05) is 11.1 Å². The van der Waals surface area contributed by atoms with E-state index in [2.05, 4.69) is 0 Å². The second-order valence-electron chi connectivity index (χ2n) is 5.08. The highest BCUT2D eigenvalue weighted by molar-refractivity contribution is 7.60. The molecule has 0 spiro atoms. The lowest BCUT2D eigenvalue weighted by atomic mass is 9.93. The first-order valence-electron chi connectivity index (χ1n) is 6.50. The maximum Gasteiger partial charge on any atom is 0.356 e. The van der Waals surface area contributed by atoms with Crippen molar-refractivity contribution in [2.75, 3.05) is 0 Å². The molecule has 0 saturated carbocycles. The van der Waals surface area contributed by atoms with Crippen molar-refractivity contribution in [1.82, 2.24) is 0 Å². The zero-order valence-corrected chi connectivity index (χ0v) is 13.0. The smallest absolute Gasteiger partial charge is 0.321 e. The van der Waals surface area contributed by atoms with Crippen molar-refractivity contribution in [3.8, 4) is 0 Å². The molecule has 2 aromatic rings. The number of ketones is 1. The number of aryl methyl sites for hydroxylation is 1. The Labute approximate surface area is 123 Å². The molecule has 0 saturated heterocycles. The van der Waals surface area contributed by atoms with Crippen LogP contribution in [-0.2, 0) is 4.57 Å². The van der Waals surface area contributed by atoms with E-state index in [1.165, 1.54) is 6.07 Å². The van der Waals surface area contributed by atoms with Gasteiger partial charge in [-0.1, -0.05) is 30.3 Å². The van der Waals surface area contributed by atoms with Gasteiger partial charge in [-0.15, -0.1) is 0 Å². The number of rotatable bonds is 3. The molecule has 4 nitrogen and oxygen atoms in total. The molecular weight excluding hydrogens is 287 g/mol. The average Bonchev–Trinajstić information content (AvgIpc) is 2.43. The van der Waals surface area contributed by atoms with Crippen LogP contribution in [-0.4, -0.2) is 15.6 Å². The third-order valence-electron chi connectivity index (χ3n) is 3.72. The van der Waals surface area contributed by atoms with Crippen molar-refractivity contribution < 1.29 is 19.1 Å². The summed E-state index contributed by atoms with van der Waals surface area (Å²) in [6.07, 6.45) is 0. The molecule has 0 aliphatic carbocycles. The molecule has 0 aliphatic heterocycles. The van der Waals surface area contributed by atoms with Gasteiger partial charge in [-0.3, -0.25) is 9.36 Å². The standard InChI is InChI=1S/C16H17O4P/c1-10-9-14(21(18,19)20)15(12(3)11(10)2)16(17)13-7-5-4-6-8-13/h4-9H,1-3H3,(H2,18,19,20). The molecule has 0 aliphatic rings. The maximum atomic E-state index is 12.7. The second kappa shape index (κ2) is 5.57. The highest BCUT2D eigenvalue weighted by atomic mass is 31.2. The molecule has 2 N–H and O–H groups in total. The average molecular weight is 304 g/mol. The number of benzene rings is 2. The quantitative estimate of drug-likeness (QED) is 0.675. The number of carbonyl (C=O) groups excluding carboxylic acids is 1. The van der Waals surface area contributed by atoms with Crippen LogP contribution in [0, 0.1) is 20.8 Å². The van der Waals surface area contributed by atoms with Crippen LogP contribution < -0.4 is 5.30 Å². The third kappa shape index (κ3) is 2.98. The Morgan fingerprint density at radius 1 is 1.00 bits per heavy atom. The van der Waals surface area contributed by atoms with Crippen molar-refractivity contribution in [1.29, 1.82) is 0 Å². The fourth-order valence-corrected chi connectivity index (χ4v) is 3.23. The molecule has 0 radical (unpaired) electrons. The maximum absolute atomic E-state index is 12.7. The minimum absolute atomic E-state index is 0.109. The molecule has 2 aromatic carbocycles. The minimum Gasteiger partial charge on any atom is -0.321 e. The van der Waals surface area contributed by atoms with Gasteiger partial charge in [0.1, 0.15) is 0 Å². The summed E-state index contributed by atoms with van der Waals surface area (Å²) in [5.74, 6) is -0.366. The molecule has 0 atom stereocenters. The van der Waals surface area contributed by atoms with E-state index >= 15 is 0 Å². The summed E-state index contributed by atoms with van der Waals surface area (Å²) in [4.78, 5) is 31.8. The lowest BCUT2D eigenvalue weighted by Crippen LogP contribution is -2.20. The van der Waals surface area contributed by atoms with Gasteiger partial charge in [-0.05, 0) is 43.5 Å². The predicted molar refractivity (Wildman–Crippen MR) is 82.2 cm³/mol. The number of hydrogen-bond donors (Lipinski definition) is 2. The Morgan fingerprint density at radius 3 is 2.10 bits per heavy atom. The molecule has 21 heavy (non-hydrogen) atoms. The molecule has 0 heterocycles. The van der Waals surface area contributed by atoms with Crippen LogP contribution >= 0.6 is 7.60 Å². The fraction of sp³-hybridized carbons (Fsp3) is 0.188. The fourth-order valence-electron chi connectivity index (χ4n) is 2.31. The second-order valence-corrected chi connectivity index (χ2v) is 6.65. The Hall–Kier alpha value is -1.74. The minimum atomic E-state index is -4.52. The van der Waals surface area contributed by atoms with Gasteiger partial charge in [0.05, 0.1) is 5.30 Å². The molecule has 110 valence electrons. The molecule has 5 heteroatoms. The number of carbonyl (C=O) groups is 1. The van der Waals surface area contributed by atoms with E-state index in [-0.39, 0.29) is 16.7 Å². The molecule has 0 aromatic heterocycles. The molecule has 0 fully saturated rings. The largest absolute Gasteiger partial charge is 0.356 e. The highest BCUT2D eigenvalue weighted by Crippen LogP contribution is 2.37. The van der Waals surface area contributed by atoms with Gasteiger partial charge in [0.25, 0.3) is 0 Å². The molecule has 0 amide bonds. The molecule has 2 rings (SSSR count). The normalized spacial score (nSPS) is 11.5. The Bertz CT molecular complexity index is 745. The summed E-state index contributed by atoms with van der Waals surface area (Å²) in [7, 11) is -4.52. The lowest BCUT2D eigenvalue weighted by molar-refractivity contribution is 0.103. The van der Waals surface area contributed by atoms with Gasteiger partial charge >= 0.3 is 7.60 Å². The molecular formula is C16H17O4P. The Balaban J connectivity index is 2.76. The molecule has 0 unspecified atom stereocenters. The van der Waals surface area contributed by atoms with Gasteiger partial charge < -0.3 is 9.79 Å². The van der Waals surface area contributed by atoms with Gasteiger partial charge in [0.2, 0.25) is 0 Å². The zero-order chi connectivity index (χ0) is 15.8. The SMILES string of the molecule is Cc1cc(P(=O)(O)O)c(C(=O)c2ccccc2)c(C)c1C. The van der Waals surface area contributed by atoms with Gasteiger partial charge in [-0.2, -0.15) is 0 Å². The lowest BCUT2D eigenvalue weighted by Gasteiger charge is -2.17. The van der Waals surface area contributed by atoms with E-state index in [4.69, 9.17) is 0 Å². The van der Waals surface area contributed by atoms with Crippen LogP contribution in [0.4, 0.5) is 0 Å². The first-order valence-corrected chi connectivity index (χ1v) is 8.11. The van der Waals surface area contributed by atoms with Crippen LogP contribution in [0.2, 0.25) is 0 Å². The van der Waals surface area contributed by atoms with Crippen LogP contribution in [0.25, 0.3) is 0 Å². The van der Waals surface area contributed by atoms with Crippen molar-refractivity contribution in [3.05, 3.63) is 64.2 Å².